The molecule has 2 heteroatoms. The van der Waals surface area contributed by atoms with Crippen molar-refractivity contribution in [1.82, 2.24) is 0 Å². The van der Waals surface area contributed by atoms with Crippen molar-refractivity contribution in [2.24, 2.45) is 0 Å². The summed E-state index contributed by atoms with van der Waals surface area (Å²) < 4.78 is 0. The van der Waals surface area contributed by atoms with Crippen LogP contribution < -0.4 is 15.9 Å². The Hall–Kier alpha value is -1.48. The van der Waals surface area contributed by atoms with Gasteiger partial charge in [0.2, 0.25) is 0 Å². The maximum Gasteiger partial charge on any atom is -0.0221 e. The first-order valence-corrected chi connectivity index (χ1v) is 9.74. The van der Waals surface area contributed by atoms with Gasteiger partial charge in [-0.25, -0.2) is 0 Å². The van der Waals surface area contributed by atoms with Gasteiger partial charge in [-0.3, -0.25) is 0 Å². The first-order valence-electron chi connectivity index (χ1n) is 8.16. The van der Waals surface area contributed by atoms with Crippen LogP contribution in [0, 0.1) is 27.7 Å². The van der Waals surface area contributed by atoms with E-state index in [-0.39, 0.29) is 7.43 Å². The highest BCUT2D eigenvalue weighted by Gasteiger charge is 1.97. The fraction of sp³-hybridized carbons (Fsp3) is 0.217. The Balaban J connectivity index is 0.000000270. The minimum absolute atomic E-state index is 0. The Morgan fingerprint density at radius 2 is 1.04 bits per heavy atom. The average molecular weight is 368 g/mol. The first kappa shape index (κ1) is 21.6. The minimum Gasteiger partial charge on any atom is -0.106 e. The Labute approximate surface area is 158 Å². The number of benzene rings is 3. The Kier molecular flexibility index (Phi) is 9.05. The Morgan fingerprint density at radius 1 is 0.600 bits per heavy atom. The molecule has 0 saturated carbocycles. The molecule has 2 atom stereocenters. The number of rotatable bonds is 2. The molecule has 25 heavy (non-hydrogen) atoms. The molecule has 0 N–H and O–H groups in total. The molecule has 0 spiro atoms. The maximum absolute atomic E-state index is 2.70. The van der Waals surface area contributed by atoms with E-state index in [0.29, 0.717) is 0 Å². The predicted octanol–water partition coefficient (Wildman–Crippen LogP) is 5.37. The molecule has 3 aromatic rings. The van der Waals surface area contributed by atoms with Gasteiger partial charge in [0.25, 0.3) is 0 Å². The van der Waals surface area contributed by atoms with Gasteiger partial charge in [-0.2, -0.15) is 0 Å². The molecule has 0 amide bonds. The van der Waals surface area contributed by atoms with Gasteiger partial charge in [0.05, 0.1) is 0 Å². The van der Waals surface area contributed by atoms with Crippen LogP contribution in [0.4, 0.5) is 0 Å². The highest BCUT2D eigenvalue weighted by molar-refractivity contribution is 7.55. The van der Waals surface area contributed by atoms with Gasteiger partial charge in [-0.15, -0.1) is 9.24 Å². The van der Waals surface area contributed by atoms with Crippen molar-refractivity contribution in [3.05, 3.63) is 89.0 Å². The van der Waals surface area contributed by atoms with Crippen LogP contribution in [-0.2, 0) is 0 Å². The van der Waals surface area contributed by atoms with Crippen LogP contribution >= 0.6 is 17.8 Å². The smallest absolute Gasteiger partial charge is 0.0221 e. The van der Waals surface area contributed by atoms with Gasteiger partial charge in [0.15, 0.2) is 0 Å². The molecule has 132 valence electrons. The number of aryl methyl sites for hydroxylation is 4. The van der Waals surface area contributed by atoms with Crippen LogP contribution in [0.5, 0.6) is 0 Å². The van der Waals surface area contributed by atoms with Crippen molar-refractivity contribution in [2.75, 3.05) is 0 Å². The molecule has 3 rings (SSSR count). The molecule has 0 fully saturated rings. The fourth-order valence-corrected chi connectivity index (χ4v) is 4.56. The lowest BCUT2D eigenvalue weighted by Gasteiger charge is -2.05. The maximum atomic E-state index is 2.70. The number of hydrogen-bond donors (Lipinski definition) is 0. The van der Waals surface area contributed by atoms with Crippen LogP contribution in [-0.4, -0.2) is 0 Å². The molecule has 2 unspecified atom stereocenters. The Morgan fingerprint density at radius 3 is 1.48 bits per heavy atom. The molecule has 0 aliphatic carbocycles. The third-order valence-corrected chi connectivity index (χ3v) is 5.06. The lowest BCUT2D eigenvalue weighted by Crippen LogP contribution is -2.03. The summed E-state index contributed by atoms with van der Waals surface area (Å²) in [4.78, 5) is 0. The zero-order valence-corrected chi connectivity index (χ0v) is 17.1. The van der Waals surface area contributed by atoms with Crippen molar-refractivity contribution in [2.45, 2.75) is 35.1 Å². The van der Waals surface area contributed by atoms with E-state index in [1.54, 1.807) is 0 Å². The second kappa shape index (κ2) is 10.5. The number of hydrogen-bond acceptors (Lipinski definition) is 0. The van der Waals surface area contributed by atoms with Crippen LogP contribution in [0.1, 0.15) is 29.7 Å². The third kappa shape index (κ3) is 7.96. The van der Waals surface area contributed by atoms with E-state index < -0.39 is 0 Å². The van der Waals surface area contributed by atoms with Crippen molar-refractivity contribution >= 4 is 33.7 Å². The molecule has 0 bridgehead atoms. The van der Waals surface area contributed by atoms with Gasteiger partial charge >= 0.3 is 0 Å². The van der Waals surface area contributed by atoms with Crippen LogP contribution in [0.25, 0.3) is 0 Å². The van der Waals surface area contributed by atoms with Crippen LogP contribution in [0.2, 0.25) is 0 Å². The lowest BCUT2D eigenvalue weighted by molar-refractivity contribution is 1.41. The first-order chi connectivity index (χ1) is 11.4. The molecule has 0 aromatic heterocycles. The quantitative estimate of drug-likeness (QED) is 0.533. The van der Waals surface area contributed by atoms with Gasteiger partial charge in [0, 0.05) is 0 Å². The summed E-state index contributed by atoms with van der Waals surface area (Å²) >= 11 is 0. The van der Waals surface area contributed by atoms with E-state index in [1.165, 1.54) is 38.2 Å². The van der Waals surface area contributed by atoms with Gasteiger partial charge in [-0.1, -0.05) is 105 Å². The predicted molar refractivity (Wildman–Crippen MR) is 122 cm³/mol. The largest absolute Gasteiger partial charge is 0.106 e. The Bertz CT molecular complexity index is 722. The van der Waals surface area contributed by atoms with Crippen LogP contribution in [0.3, 0.4) is 0 Å². The second-order valence-electron chi connectivity index (χ2n) is 6.29. The summed E-state index contributed by atoms with van der Waals surface area (Å²) in [5, 5.41) is 4.11. The fourth-order valence-electron chi connectivity index (χ4n) is 2.74. The molecule has 3 aromatic carbocycles. The summed E-state index contributed by atoms with van der Waals surface area (Å²) in [6.45, 7) is 8.54. The minimum atomic E-state index is 0. The normalized spacial score (nSPS) is 10.1. The van der Waals surface area contributed by atoms with E-state index in [9.17, 15) is 0 Å². The topological polar surface area (TPSA) is 0 Å². The summed E-state index contributed by atoms with van der Waals surface area (Å²) in [6, 6.07) is 23.9. The van der Waals surface area contributed by atoms with Crippen molar-refractivity contribution in [3.63, 3.8) is 0 Å². The molecular formula is C23H30P2. The van der Waals surface area contributed by atoms with Crippen molar-refractivity contribution in [3.8, 4) is 0 Å². The zero-order chi connectivity index (χ0) is 17.5. The molecule has 0 aliphatic heterocycles. The highest BCUT2D eigenvalue weighted by Crippen LogP contribution is 2.13. The summed E-state index contributed by atoms with van der Waals surface area (Å²) in [7, 11) is 3.47. The monoisotopic (exact) mass is 368 g/mol. The summed E-state index contributed by atoms with van der Waals surface area (Å²) in [6.07, 6.45) is 0. The average Bonchev–Trinajstić information content (AvgIpc) is 2.46. The molecule has 0 saturated heterocycles. The van der Waals surface area contributed by atoms with E-state index in [2.05, 4.69) is 104 Å². The van der Waals surface area contributed by atoms with E-state index >= 15 is 0 Å². The van der Waals surface area contributed by atoms with Crippen molar-refractivity contribution in [1.29, 1.82) is 0 Å². The molecule has 0 aliphatic rings. The van der Waals surface area contributed by atoms with Gasteiger partial charge in [0.1, 0.15) is 0 Å². The standard InChI is InChI=1S/C14H15P.C8H11P.CH4/c1-11-8-12(2)10-14(9-11)15-13-6-4-3-5-7-13;1-6-3-7(2)5-8(9)4-6;/h3-10,15H,1-2H3;3-5H,9H2,1-2H3;1H4. The lowest BCUT2D eigenvalue weighted by atomic mass is 10.2. The molecular weight excluding hydrogens is 338 g/mol. The SMILES string of the molecule is C.Cc1cc(C)cc(P)c1.Cc1cc(C)cc(Pc2ccccc2)c1. The molecule has 0 radical (unpaired) electrons. The third-order valence-electron chi connectivity index (χ3n) is 3.53. The highest BCUT2D eigenvalue weighted by atomic mass is 31.1. The van der Waals surface area contributed by atoms with E-state index in [1.807, 2.05) is 0 Å². The van der Waals surface area contributed by atoms with Crippen LogP contribution in [0.15, 0.2) is 66.7 Å². The zero-order valence-electron chi connectivity index (χ0n) is 14.9. The molecule has 0 heterocycles. The van der Waals surface area contributed by atoms with Crippen molar-refractivity contribution < 1.29 is 0 Å². The van der Waals surface area contributed by atoms with E-state index in [4.69, 9.17) is 0 Å². The second-order valence-corrected chi connectivity index (χ2v) is 8.36. The molecule has 0 nitrogen and oxygen atoms in total. The summed E-state index contributed by atoms with van der Waals surface area (Å²) in [5.74, 6) is 0. The van der Waals surface area contributed by atoms with Gasteiger partial charge < -0.3 is 0 Å². The van der Waals surface area contributed by atoms with E-state index in [0.717, 1.165) is 8.58 Å². The van der Waals surface area contributed by atoms with Gasteiger partial charge in [-0.05, 0) is 43.6 Å². The summed E-state index contributed by atoms with van der Waals surface area (Å²) in [5.41, 5.74) is 5.38.